The number of nitrogens with one attached hydrogen (secondary N) is 1. The van der Waals surface area contributed by atoms with E-state index in [1.807, 2.05) is 32.9 Å². The molecule has 0 saturated heterocycles. The fourth-order valence-corrected chi connectivity index (χ4v) is 2.23. The summed E-state index contributed by atoms with van der Waals surface area (Å²) in [5.41, 5.74) is 2.10. The van der Waals surface area contributed by atoms with Crippen LogP contribution in [0.1, 0.15) is 41.3 Å². The Labute approximate surface area is 138 Å². The molecule has 2 N–H and O–H groups in total. The van der Waals surface area contributed by atoms with Crippen molar-refractivity contribution in [3.63, 3.8) is 0 Å². The van der Waals surface area contributed by atoms with Gasteiger partial charge in [-0.05, 0) is 24.0 Å². The molecule has 0 aliphatic heterocycles. The van der Waals surface area contributed by atoms with Gasteiger partial charge in [0.2, 0.25) is 0 Å². The summed E-state index contributed by atoms with van der Waals surface area (Å²) in [5, 5.41) is 12.8. The number of aryl methyl sites for hydroxylation is 1. The van der Waals surface area contributed by atoms with Gasteiger partial charge in [-0.15, -0.1) is 6.42 Å². The first-order valence-corrected chi connectivity index (χ1v) is 7.59. The van der Waals surface area contributed by atoms with E-state index in [4.69, 9.17) is 15.9 Å². The highest BCUT2D eigenvalue weighted by Gasteiger charge is 2.22. The molecule has 23 heavy (non-hydrogen) atoms. The highest BCUT2D eigenvalue weighted by atomic mass is 16.5. The standard InChI is InChI=1S/C18H25NO4/c1-6-9-19-10-14(20)11-23-17-13(4)7-8-15(12(2)3)16(17)18(21)22-5/h1,7-8,12,14,19-20H,9-11H2,2-5H3. The number of terminal acetylenes is 1. The first kappa shape index (κ1) is 19.0. The first-order chi connectivity index (χ1) is 10.9. The zero-order chi connectivity index (χ0) is 17.4. The van der Waals surface area contributed by atoms with E-state index in [0.717, 1.165) is 11.1 Å². The zero-order valence-electron chi connectivity index (χ0n) is 14.2. The normalized spacial score (nSPS) is 11.9. The molecule has 0 spiro atoms. The number of hydrogen-bond donors (Lipinski definition) is 2. The minimum Gasteiger partial charge on any atom is -0.490 e. The number of benzene rings is 1. The summed E-state index contributed by atoms with van der Waals surface area (Å²) in [6.07, 6.45) is 4.41. The predicted molar refractivity (Wildman–Crippen MR) is 89.8 cm³/mol. The number of aliphatic hydroxyl groups excluding tert-OH is 1. The van der Waals surface area contributed by atoms with E-state index in [9.17, 15) is 9.90 Å². The van der Waals surface area contributed by atoms with Crippen LogP contribution in [0.5, 0.6) is 5.75 Å². The number of methoxy groups -OCH3 is 1. The summed E-state index contributed by atoms with van der Waals surface area (Å²) in [4.78, 5) is 12.2. The van der Waals surface area contributed by atoms with Crippen LogP contribution < -0.4 is 10.1 Å². The first-order valence-electron chi connectivity index (χ1n) is 7.59. The van der Waals surface area contributed by atoms with Crippen LogP contribution in [0.4, 0.5) is 0 Å². The zero-order valence-corrected chi connectivity index (χ0v) is 14.2. The van der Waals surface area contributed by atoms with Crippen molar-refractivity contribution in [2.24, 2.45) is 0 Å². The van der Waals surface area contributed by atoms with Crippen LogP contribution in [0.3, 0.4) is 0 Å². The maximum atomic E-state index is 12.2. The van der Waals surface area contributed by atoms with Crippen LogP contribution in [0.15, 0.2) is 12.1 Å². The highest BCUT2D eigenvalue weighted by Crippen LogP contribution is 2.32. The molecular weight excluding hydrogens is 294 g/mol. The molecule has 1 atom stereocenters. The second kappa shape index (κ2) is 9.19. The van der Waals surface area contributed by atoms with Gasteiger partial charge in [0, 0.05) is 6.54 Å². The third-order valence-corrected chi connectivity index (χ3v) is 3.43. The molecule has 0 heterocycles. The van der Waals surface area contributed by atoms with Crippen molar-refractivity contribution in [2.45, 2.75) is 32.8 Å². The molecule has 1 aromatic carbocycles. The van der Waals surface area contributed by atoms with E-state index >= 15 is 0 Å². The SMILES string of the molecule is C#CCNCC(O)COc1c(C)ccc(C(C)C)c1C(=O)OC. The molecule has 0 radical (unpaired) electrons. The average molecular weight is 319 g/mol. The summed E-state index contributed by atoms with van der Waals surface area (Å²) in [6.45, 7) is 6.62. The molecule has 0 fully saturated rings. The van der Waals surface area contributed by atoms with Crippen LogP contribution in [0, 0.1) is 19.3 Å². The minimum absolute atomic E-state index is 0.0595. The number of carbonyl (C=O) groups excluding carboxylic acids is 1. The van der Waals surface area contributed by atoms with Gasteiger partial charge in [-0.25, -0.2) is 4.79 Å². The van der Waals surface area contributed by atoms with Crippen LogP contribution >= 0.6 is 0 Å². The number of hydrogen-bond acceptors (Lipinski definition) is 5. The van der Waals surface area contributed by atoms with E-state index < -0.39 is 12.1 Å². The second-order valence-electron chi connectivity index (χ2n) is 5.62. The number of ether oxygens (including phenoxy) is 2. The van der Waals surface area contributed by atoms with Crippen molar-refractivity contribution in [2.75, 3.05) is 26.8 Å². The van der Waals surface area contributed by atoms with E-state index in [2.05, 4.69) is 11.2 Å². The Morgan fingerprint density at radius 1 is 1.43 bits per heavy atom. The van der Waals surface area contributed by atoms with Crippen molar-refractivity contribution >= 4 is 5.97 Å². The molecule has 126 valence electrons. The van der Waals surface area contributed by atoms with Gasteiger partial charge in [0.15, 0.2) is 0 Å². The Morgan fingerprint density at radius 2 is 2.13 bits per heavy atom. The molecule has 0 aromatic heterocycles. The fraction of sp³-hybridized carbons (Fsp3) is 0.500. The predicted octanol–water partition coefficient (Wildman–Crippen LogP) is 1.87. The lowest BCUT2D eigenvalue weighted by Gasteiger charge is -2.20. The third-order valence-electron chi connectivity index (χ3n) is 3.43. The molecular formula is C18H25NO4. The van der Waals surface area contributed by atoms with E-state index in [-0.39, 0.29) is 12.5 Å². The fourth-order valence-electron chi connectivity index (χ4n) is 2.23. The van der Waals surface area contributed by atoms with Gasteiger partial charge in [-0.1, -0.05) is 31.9 Å². The highest BCUT2D eigenvalue weighted by molar-refractivity contribution is 5.95. The van der Waals surface area contributed by atoms with Gasteiger partial charge in [0.05, 0.1) is 13.7 Å². The van der Waals surface area contributed by atoms with Crippen molar-refractivity contribution < 1.29 is 19.4 Å². The van der Waals surface area contributed by atoms with Gasteiger partial charge in [-0.2, -0.15) is 0 Å². The Morgan fingerprint density at radius 3 is 2.70 bits per heavy atom. The molecule has 5 nitrogen and oxygen atoms in total. The summed E-state index contributed by atoms with van der Waals surface area (Å²) in [5.74, 6) is 2.60. The molecule has 0 aliphatic rings. The molecule has 0 aliphatic carbocycles. The summed E-state index contributed by atoms with van der Waals surface area (Å²) >= 11 is 0. The van der Waals surface area contributed by atoms with Crippen molar-refractivity contribution in [1.29, 1.82) is 0 Å². The van der Waals surface area contributed by atoms with Crippen molar-refractivity contribution in [3.8, 4) is 18.1 Å². The van der Waals surface area contributed by atoms with Crippen LogP contribution in [-0.4, -0.2) is 44.0 Å². The Bertz CT molecular complexity index is 575. The summed E-state index contributed by atoms with van der Waals surface area (Å²) in [7, 11) is 1.34. The monoisotopic (exact) mass is 319 g/mol. The summed E-state index contributed by atoms with van der Waals surface area (Å²) in [6, 6.07) is 3.81. The number of esters is 1. The van der Waals surface area contributed by atoms with Crippen LogP contribution in [0.25, 0.3) is 0 Å². The Hall–Kier alpha value is -2.03. The maximum absolute atomic E-state index is 12.2. The number of rotatable bonds is 8. The molecule has 5 heteroatoms. The van der Waals surface area contributed by atoms with Crippen LogP contribution in [-0.2, 0) is 4.74 Å². The minimum atomic E-state index is -0.726. The lowest BCUT2D eigenvalue weighted by molar-refractivity contribution is 0.0586. The van der Waals surface area contributed by atoms with Gasteiger partial charge in [-0.3, -0.25) is 0 Å². The smallest absolute Gasteiger partial charge is 0.341 e. The average Bonchev–Trinajstić information content (AvgIpc) is 2.52. The molecule has 0 saturated carbocycles. The molecule has 0 bridgehead atoms. The van der Waals surface area contributed by atoms with Gasteiger partial charge in [0.25, 0.3) is 0 Å². The largest absolute Gasteiger partial charge is 0.490 e. The van der Waals surface area contributed by atoms with E-state index in [1.54, 1.807) is 0 Å². The maximum Gasteiger partial charge on any atom is 0.341 e. The molecule has 1 unspecified atom stereocenters. The topological polar surface area (TPSA) is 67.8 Å². The lowest BCUT2D eigenvalue weighted by Crippen LogP contribution is -2.32. The quantitative estimate of drug-likeness (QED) is 0.435. The number of aliphatic hydroxyl groups is 1. The van der Waals surface area contributed by atoms with Crippen LogP contribution in [0.2, 0.25) is 0 Å². The lowest BCUT2D eigenvalue weighted by atomic mass is 9.94. The Balaban J connectivity index is 2.98. The Kier molecular flexibility index (Phi) is 7.60. The second-order valence-corrected chi connectivity index (χ2v) is 5.62. The third kappa shape index (κ3) is 5.27. The molecule has 1 aromatic rings. The number of carbonyl (C=O) groups is 1. The van der Waals surface area contributed by atoms with Crippen molar-refractivity contribution in [3.05, 3.63) is 28.8 Å². The van der Waals surface area contributed by atoms with Gasteiger partial charge >= 0.3 is 5.97 Å². The molecule has 0 amide bonds. The van der Waals surface area contributed by atoms with E-state index in [0.29, 0.717) is 24.4 Å². The summed E-state index contributed by atoms with van der Waals surface area (Å²) < 4.78 is 10.6. The van der Waals surface area contributed by atoms with Gasteiger partial charge < -0.3 is 19.9 Å². The molecule has 1 rings (SSSR count). The van der Waals surface area contributed by atoms with E-state index in [1.165, 1.54) is 7.11 Å². The van der Waals surface area contributed by atoms with Crippen molar-refractivity contribution in [1.82, 2.24) is 5.32 Å². The van der Waals surface area contributed by atoms with Gasteiger partial charge in [0.1, 0.15) is 24.0 Å².